The molecule has 4 nitrogen and oxygen atoms in total. The number of hydrogen-bond acceptors (Lipinski definition) is 2. The van der Waals surface area contributed by atoms with Crippen molar-refractivity contribution in [1.29, 1.82) is 0 Å². The zero-order chi connectivity index (χ0) is 20.8. The van der Waals surface area contributed by atoms with Gasteiger partial charge >= 0.3 is 0 Å². The maximum atomic E-state index is 12.8. The van der Waals surface area contributed by atoms with E-state index in [1.165, 1.54) is 6.08 Å². The highest BCUT2D eigenvalue weighted by Crippen LogP contribution is 2.22. The second-order valence-corrected chi connectivity index (χ2v) is 6.93. The van der Waals surface area contributed by atoms with Gasteiger partial charge in [0.1, 0.15) is 0 Å². The van der Waals surface area contributed by atoms with Gasteiger partial charge in [0.2, 0.25) is 5.91 Å². The Morgan fingerprint density at radius 2 is 1.41 bits per heavy atom. The van der Waals surface area contributed by atoms with Crippen LogP contribution >= 0.6 is 0 Å². The molecule has 0 spiro atoms. The third kappa shape index (κ3) is 4.99. The Morgan fingerprint density at radius 3 is 2.17 bits per heavy atom. The first-order valence-corrected chi connectivity index (χ1v) is 9.47. The molecule has 3 aromatic rings. The van der Waals surface area contributed by atoms with E-state index >= 15 is 0 Å². The molecule has 0 unspecified atom stereocenters. The van der Waals surface area contributed by atoms with Crippen molar-refractivity contribution in [2.75, 3.05) is 10.6 Å². The summed E-state index contributed by atoms with van der Waals surface area (Å²) in [7, 11) is 0. The van der Waals surface area contributed by atoms with E-state index in [4.69, 9.17) is 0 Å². The molecule has 29 heavy (non-hydrogen) atoms. The van der Waals surface area contributed by atoms with Crippen LogP contribution in [0.1, 0.15) is 34.0 Å². The van der Waals surface area contributed by atoms with Crippen LogP contribution in [0.3, 0.4) is 0 Å². The molecule has 3 rings (SSSR count). The maximum absolute atomic E-state index is 12.8. The van der Waals surface area contributed by atoms with Gasteiger partial charge < -0.3 is 10.6 Å². The van der Waals surface area contributed by atoms with E-state index in [1.807, 2.05) is 69.3 Å². The molecular weight excluding hydrogens is 360 g/mol. The Kier molecular flexibility index (Phi) is 6.25. The molecule has 0 fully saturated rings. The van der Waals surface area contributed by atoms with E-state index in [-0.39, 0.29) is 11.8 Å². The molecule has 0 bridgehead atoms. The molecule has 0 aliphatic rings. The van der Waals surface area contributed by atoms with Crippen molar-refractivity contribution in [2.45, 2.75) is 20.8 Å². The SMILES string of the molecule is C/C(=C\C(=O)Nc1ccccc1C(=O)Nc1cccc(C)c1C)c1ccccc1. The smallest absolute Gasteiger partial charge is 0.257 e. The Balaban J connectivity index is 1.79. The molecule has 0 aromatic heterocycles. The highest BCUT2D eigenvalue weighted by molar-refractivity contribution is 6.12. The molecule has 3 aromatic carbocycles. The van der Waals surface area contributed by atoms with Gasteiger partial charge in [-0.25, -0.2) is 0 Å². The summed E-state index contributed by atoms with van der Waals surface area (Å²) >= 11 is 0. The van der Waals surface area contributed by atoms with Crippen LogP contribution in [0.2, 0.25) is 0 Å². The number of carbonyl (C=O) groups excluding carboxylic acids is 2. The van der Waals surface area contributed by atoms with Gasteiger partial charge in [-0.1, -0.05) is 54.6 Å². The zero-order valence-electron chi connectivity index (χ0n) is 16.8. The highest BCUT2D eigenvalue weighted by atomic mass is 16.2. The number of hydrogen-bond donors (Lipinski definition) is 2. The van der Waals surface area contributed by atoms with Crippen LogP contribution in [0, 0.1) is 13.8 Å². The molecule has 0 atom stereocenters. The largest absolute Gasteiger partial charge is 0.322 e. The lowest BCUT2D eigenvalue weighted by atomic mass is 10.1. The van der Waals surface area contributed by atoms with Crippen molar-refractivity contribution < 1.29 is 9.59 Å². The Labute approximate surface area is 171 Å². The first kappa shape index (κ1) is 20.1. The molecule has 2 amide bonds. The maximum Gasteiger partial charge on any atom is 0.257 e. The van der Waals surface area contributed by atoms with Gasteiger partial charge in [-0.3, -0.25) is 9.59 Å². The molecule has 0 heterocycles. The number of benzene rings is 3. The van der Waals surface area contributed by atoms with Crippen molar-refractivity contribution in [3.8, 4) is 0 Å². The lowest BCUT2D eigenvalue weighted by Gasteiger charge is -2.13. The number of anilines is 2. The predicted octanol–water partition coefficient (Wildman–Crippen LogP) is 5.60. The first-order valence-electron chi connectivity index (χ1n) is 9.47. The molecule has 0 saturated carbocycles. The normalized spacial score (nSPS) is 11.1. The third-order valence-electron chi connectivity index (χ3n) is 4.86. The molecule has 4 heteroatoms. The van der Waals surface area contributed by atoms with Crippen LogP contribution < -0.4 is 10.6 Å². The van der Waals surface area contributed by atoms with Crippen LogP contribution in [0.25, 0.3) is 5.57 Å². The highest BCUT2D eigenvalue weighted by Gasteiger charge is 2.14. The van der Waals surface area contributed by atoms with Gasteiger partial charge in [0.25, 0.3) is 5.91 Å². The van der Waals surface area contributed by atoms with Crippen LogP contribution in [0.4, 0.5) is 11.4 Å². The van der Waals surface area contributed by atoms with E-state index in [2.05, 4.69) is 10.6 Å². The fourth-order valence-electron chi connectivity index (χ4n) is 3.02. The summed E-state index contributed by atoms with van der Waals surface area (Å²) in [6.45, 7) is 5.85. The van der Waals surface area contributed by atoms with Crippen LogP contribution in [-0.2, 0) is 4.79 Å². The fraction of sp³-hybridized carbons (Fsp3) is 0.120. The van der Waals surface area contributed by atoms with E-state index < -0.39 is 0 Å². The van der Waals surface area contributed by atoms with Gasteiger partial charge in [-0.05, 0) is 61.2 Å². The molecule has 146 valence electrons. The summed E-state index contributed by atoms with van der Waals surface area (Å²) in [6, 6.07) is 22.4. The summed E-state index contributed by atoms with van der Waals surface area (Å²) in [5.74, 6) is -0.545. The Bertz CT molecular complexity index is 1070. The van der Waals surface area contributed by atoms with Gasteiger partial charge in [0.15, 0.2) is 0 Å². The summed E-state index contributed by atoms with van der Waals surface area (Å²) < 4.78 is 0. The standard InChI is InChI=1S/C25H24N2O2/c1-17-10-9-15-22(19(17)3)27-25(29)21-13-7-8-14-23(21)26-24(28)16-18(2)20-11-5-4-6-12-20/h4-16H,1-3H3,(H,26,28)(H,27,29)/b18-16+. The van der Waals surface area contributed by atoms with Crippen LogP contribution in [-0.4, -0.2) is 11.8 Å². The van der Waals surface area contributed by atoms with Crippen molar-refractivity contribution in [3.05, 3.63) is 101 Å². The minimum atomic E-state index is -0.279. The molecule has 2 N–H and O–H groups in total. The van der Waals surface area contributed by atoms with Crippen molar-refractivity contribution in [2.24, 2.45) is 0 Å². The quantitative estimate of drug-likeness (QED) is 0.563. The van der Waals surface area contributed by atoms with Crippen LogP contribution in [0.5, 0.6) is 0 Å². The number of para-hydroxylation sites is 1. The van der Waals surface area contributed by atoms with E-state index in [9.17, 15) is 9.59 Å². The third-order valence-corrected chi connectivity index (χ3v) is 4.86. The van der Waals surface area contributed by atoms with Gasteiger partial charge in [-0.2, -0.15) is 0 Å². The van der Waals surface area contributed by atoms with Crippen molar-refractivity contribution >= 4 is 28.8 Å². The number of carbonyl (C=O) groups is 2. The predicted molar refractivity (Wildman–Crippen MR) is 119 cm³/mol. The van der Waals surface area contributed by atoms with Crippen molar-refractivity contribution in [1.82, 2.24) is 0 Å². The minimum absolute atomic E-state index is 0.265. The second-order valence-electron chi connectivity index (χ2n) is 6.93. The number of rotatable bonds is 5. The summed E-state index contributed by atoms with van der Waals surface area (Å²) in [6.07, 6.45) is 1.54. The monoisotopic (exact) mass is 384 g/mol. The van der Waals surface area contributed by atoms with Gasteiger partial charge in [-0.15, -0.1) is 0 Å². The number of nitrogens with one attached hydrogen (secondary N) is 2. The molecule has 0 aliphatic carbocycles. The number of allylic oxidation sites excluding steroid dienone is 1. The lowest BCUT2D eigenvalue weighted by molar-refractivity contribution is -0.111. The summed E-state index contributed by atoms with van der Waals surface area (Å²) in [5.41, 5.74) is 5.58. The van der Waals surface area contributed by atoms with E-state index in [0.29, 0.717) is 11.3 Å². The fourth-order valence-corrected chi connectivity index (χ4v) is 3.02. The molecular formula is C25H24N2O2. The Morgan fingerprint density at radius 1 is 0.759 bits per heavy atom. The van der Waals surface area contributed by atoms with Gasteiger partial charge in [0, 0.05) is 11.8 Å². The first-order chi connectivity index (χ1) is 14.0. The lowest BCUT2D eigenvalue weighted by Crippen LogP contribution is -2.17. The summed E-state index contributed by atoms with van der Waals surface area (Å²) in [4.78, 5) is 25.4. The second kappa shape index (κ2) is 9.02. The van der Waals surface area contributed by atoms with E-state index in [1.54, 1.807) is 24.3 Å². The van der Waals surface area contributed by atoms with Gasteiger partial charge in [0.05, 0.1) is 11.3 Å². The Hall–Kier alpha value is -3.66. The van der Waals surface area contributed by atoms with Crippen molar-refractivity contribution in [3.63, 3.8) is 0 Å². The minimum Gasteiger partial charge on any atom is -0.322 e. The average molecular weight is 384 g/mol. The topological polar surface area (TPSA) is 58.2 Å². The number of aryl methyl sites for hydroxylation is 1. The number of amides is 2. The van der Waals surface area contributed by atoms with Crippen LogP contribution in [0.15, 0.2) is 78.9 Å². The average Bonchev–Trinajstić information content (AvgIpc) is 2.72. The zero-order valence-corrected chi connectivity index (χ0v) is 16.8. The molecule has 0 saturated heterocycles. The summed E-state index contributed by atoms with van der Waals surface area (Å²) in [5, 5.41) is 5.77. The molecule has 0 radical (unpaired) electrons. The molecule has 0 aliphatic heterocycles. The van der Waals surface area contributed by atoms with E-state index in [0.717, 1.165) is 28.0 Å².